The molecule has 0 aromatic heterocycles. The molecule has 2 unspecified atom stereocenters. The highest BCUT2D eigenvalue weighted by Crippen LogP contribution is 2.28. The molecule has 10 heavy (non-hydrogen) atoms. The molecule has 2 bridgehead atoms. The molecule has 2 atom stereocenters. The van der Waals surface area contributed by atoms with Gasteiger partial charge in [0.1, 0.15) is 0 Å². The molecule has 0 saturated carbocycles. The quantitative estimate of drug-likeness (QED) is 0.555. The molecule has 3 heteroatoms. The SMILES string of the molecule is C1COC2CSC(CN1)C2. The molecule has 0 aliphatic carbocycles. The van der Waals surface area contributed by atoms with Crippen LogP contribution in [0.15, 0.2) is 0 Å². The topological polar surface area (TPSA) is 21.3 Å². The van der Waals surface area contributed by atoms with Crippen molar-refractivity contribution < 1.29 is 4.74 Å². The van der Waals surface area contributed by atoms with Crippen LogP contribution in [0.5, 0.6) is 0 Å². The van der Waals surface area contributed by atoms with Gasteiger partial charge in [-0.15, -0.1) is 0 Å². The lowest BCUT2D eigenvalue weighted by atomic mass is 10.2. The van der Waals surface area contributed by atoms with E-state index >= 15 is 0 Å². The van der Waals surface area contributed by atoms with E-state index < -0.39 is 0 Å². The van der Waals surface area contributed by atoms with Gasteiger partial charge in [-0.2, -0.15) is 11.8 Å². The summed E-state index contributed by atoms with van der Waals surface area (Å²) < 4.78 is 5.59. The third kappa shape index (κ3) is 1.47. The van der Waals surface area contributed by atoms with Gasteiger partial charge in [0.05, 0.1) is 12.7 Å². The Balaban J connectivity index is 1.91. The van der Waals surface area contributed by atoms with Crippen LogP contribution < -0.4 is 5.32 Å². The van der Waals surface area contributed by atoms with Crippen molar-refractivity contribution in [2.45, 2.75) is 17.8 Å². The number of hydrogen-bond acceptors (Lipinski definition) is 3. The van der Waals surface area contributed by atoms with Gasteiger partial charge < -0.3 is 10.1 Å². The zero-order valence-electron chi connectivity index (χ0n) is 6.01. The fourth-order valence-electron chi connectivity index (χ4n) is 1.49. The van der Waals surface area contributed by atoms with Crippen molar-refractivity contribution in [3.05, 3.63) is 0 Å². The Labute approximate surface area is 65.7 Å². The molecule has 0 radical (unpaired) electrons. The Kier molecular flexibility index (Phi) is 2.16. The van der Waals surface area contributed by atoms with E-state index in [0.29, 0.717) is 6.10 Å². The number of thioether (sulfide) groups is 1. The van der Waals surface area contributed by atoms with Crippen molar-refractivity contribution in [2.24, 2.45) is 0 Å². The Morgan fingerprint density at radius 2 is 2.50 bits per heavy atom. The highest BCUT2D eigenvalue weighted by atomic mass is 32.2. The molecule has 2 aliphatic rings. The maximum atomic E-state index is 5.59. The molecule has 2 rings (SSSR count). The van der Waals surface area contributed by atoms with Crippen LogP contribution in [0.25, 0.3) is 0 Å². The molecule has 2 heterocycles. The van der Waals surface area contributed by atoms with Crippen molar-refractivity contribution in [3.63, 3.8) is 0 Å². The van der Waals surface area contributed by atoms with Crippen LogP contribution in [0, 0.1) is 0 Å². The fourth-order valence-corrected chi connectivity index (χ4v) is 2.80. The van der Waals surface area contributed by atoms with Gasteiger partial charge in [0.25, 0.3) is 0 Å². The van der Waals surface area contributed by atoms with Crippen LogP contribution in [0.4, 0.5) is 0 Å². The molecular formula is C7H13NOS. The minimum absolute atomic E-state index is 0.567. The molecule has 0 spiro atoms. The number of fused-ring (bicyclic) bond motifs is 2. The first-order valence-corrected chi connectivity index (χ1v) is 4.94. The number of nitrogens with one attached hydrogen (secondary N) is 1. The Morgan fingerprint density at radius 1 is 1.50 bits per heavy atom. The lowest BCUT2D eigenvalue weighted by molar-refractivity contribution is 0.0636. The summed E-state index contributed by atoms with van der Waals surface area (Å²) in [6.45, 7) is 3.12. The number of ether oxygens (including phenoxy) is 1. The summed E-state index contributed by atoms with van der Waals surface area (Å²) in [4.78, 5) is 0. The van der Waals surface area contributed by atoms with Crippen LogP contribution in [0.1, 0.15) is 6.42 Å². The van der Waals surface area contributed by atoms with Gasteiger partial charge in [-0.3, -0.25) is 0 Å². The van der Waals surface area contributed by atoms with E-state index in [9.17, 15) is 0 Å². The van der Waals surface area contributed by atoms with Gasteiger partial charge in [-0.1, -0.05) is 0 Å². The van der Waals surface area contributed by atoms with E-state index in [2.05, 4.69) is 17.1 Å². The van der Waals surface area contributed by atoms with E-state index in [4.69, 9.17) is 4.74 Å². The number of hydrogen-bond donors (Lipinski definition) is 1. The fraction of sp³-hybridized carbons (Fsp3) is 1.00. The maximum absolute atomic E-state index is 5.59. The van der Waals surface area contributed by atoms with Gasteiger partial charge in [-0.25, -0.2) is 0 Å². The van der Waals surface area contributed by atoms with Crippen LogP contribution in [0.2, 0.25) is 0 Å². The molecule has 0 amide bonds. The van der Waals surface area contributed by atoms with Gasteiger partial charge >= 0.3 is 0 Å². The molecule has 58 valence electrons. The zero-order valence-corrected chi connectivity index (χ0v) is 6.82. The summed E-state index contributed by atoms with van der Waals surface area (Å²) in [5, 5.41) is 4.19. The van der Waals surface area contributed by atoms with Gasteiger partial charge in [0.15, 0.2) is 0 Å². The maximum Gasteiger partial charge on any atom is 0.0677 e. The first-order valence-electron chi connectivity index (χ1n) is 3.89. The highest BCUT2D eigenvalue weighted by molar-refractivity contribution is 8.00. The normalized spacial score (nSPS) is 40.8. The summed E-state index contributed by atoms with van der Waals surface area (Å²) in [5.41, 5.74) is 0. The average molecular weight is 159 g/mol. The first kappa shape index (κ1) is 6.95. The molecule has 0 aromatic rings. The minimum Gasteiger partial charge on any atom is -0.376 e. The van der Waals surface area contributed by atoms with Crippen LogP contribution in [0.3, 0.4) is 0 Å². The standard InChI is InChI=1S/C7H13NOS/c1-2-9-6-3-7(4-8-1)10-5-6/h6-8H,1-5H2. The molecule has 0 aromatic carbocycles. The third-order valence-corrected chi connectivity index (χ3v) is 3.44. The highest BCUT2D eigenvalue weighted by Gasteiger charge is 2.26. The van der Waals surface area contributed by atoms with Gasteiger partial charge in [0, 0.05) is 24.1 Å². The van der Waals surface area contributed by atoms with Crippen molar-refractivity contribution in [3.8, 4) is 0 Å². The second-order valence-corrected chi connectivity index (χ2v) is 4.22. The largest absolute Gasteiger partial charge is 0.376 e. The van der Waals surface area contributed by atoms with E-state index in [0.717, 1.165) is 18.4 Å². The summed E-state index contributed by atoms with van der Waals surface area (Å²) in [7, 11) is 0. The Hall–Kier alpha value is 0.270. The molecular weight excluding hydrogens is 146 g/mol. The smallest absolute Gasteiger partial charge is 0.0677 e. The van der Waals surface area contributed by atoms with Crippen LogP contribution in [-0.4, -0.2) is 36.8 Å². The van der Waals surface area contributed by atoms with Gasteiger partial charge in [0.2, 0.25) is 0 Å². The second-order valence-electron chi connectivity index (χ2n) is 2.89. The molecule has 1 N–H and O–H groups in total. The third-order valence-electron chi connectivity index (χ3n) is 2.05. The Morgan fingerprint density at radius 3 is 3.50 bits per heavy atom. The summed E-state index contributed by atoms with van der Waals surface area (Å²) >= 11 is 2.05. The molecule has 2 aliphatic heterocycles. The van der Waals surface area contributed by atoms with Crippen molar-refractivity contribution >= 4 is 11.8 Å². The predicted molar refractivity (Wildman–Crippen MR) is 43.5 cm³/mol. The van der Waals surface area contributed by atoms with Crippen molar-refractivity contribution in [2.75, 3.05) is 25.4 Å². The first-order chi connectivity index (χ1) is 4.95. The van der Waals surface area contributed by atoms with Crippen LogP contribution in [-0.2, 0) is 4.74 Å². The molecule has 2 nitrogen and oxygen atoms in total. The summed E-state index contributed by atoms with van der Waals surface area (Å²) in [6.07, 6.45) is 1.83. The van der Waals surface area contributed by atoms with E-state index in [1.165, 1.54) is 18.7 Å². The predicted octanol–water partition coefficient (Wildman–Crippen LogP) is 0.480. The Bertz CT molecular complexity index is 108. The van der Waals surface area contributed by atoms with Crippen molar-refractivity contribution in [1.82, 2.24) is 5.32 Å². The summed E-state index contributed by atoms with van der Waals surface area (Å²) in [6, 6.07) is 0. The average Bonchev–Trinajstić information content (AvgIpc) is 2.30. The number of rotatable bonds is 0. The lowest BCUT2D eigenvalue weighted by Crippen LogP contribution is -2.31. The monoisotopic (exact) mass is 159 g/mol. The zero-order chi connectivity index (χ0) is 6.81. The van der Waals surface area contributed by atoms with E-state index in [-0.39, 0.29) is 0 Å². The van der Waals surface area contributed by atoms with Crippen molar-refractivity contribution in [1.29, 1.82) is 0 Å². The van der Waals surface area contributed by atoms with E-state index in [1.807, 2.05) is 0 Å². The van der Waals surface area contributed by atoms with Gasteiger partial charge in [-0.05, 0) is 6.42 Å². The molecule has 2 saturated heterocycles. The molecule has 2 fully saturated rings. The lowest BCUT2D eigenvalue weighted by Gasteiger charge is -2.16. The van der Waals surface area contributed by atoms with E-state index in [1.54, 1.807) is 0 Å². The summed E-state index contributed by atoms with van der Waals surface area (Å²) in [5.74, 6) is 1.21. The second kappa shape index (κ2) is 3.11. The van der Waals surface area contributed by atoms with Crippen LogP contribution >= 0.6 is 11.8 Å². The minimum atomic E-state index is 0.567.